The van der Waals surface area contributed by atoms with E-state index in [1.54, 1.807) is 7.11 Å². The molecule has 0 spiro atoms. The van der Waals surface area contributed by atoms with Gasteiger partial charge in [-0.3, -0.25) is 0 Å². The summed E-state index contributed by atoms with van der Waals surface area (Å²) in [5, 5.41) is 6.23. The molecule has 6 heteroatoms. The van der Waals surface area contributed by atoms with E-state index in [1.165, 1.54) is 25.8 Å². The number of hydrogen-bond acceptors (Lipinski definition) is 4. The van der Waals surface area contributed by atoms with Crippen LogP contribution in [0.4, 0.5) is 10.5 Å². The molecular weight excluding hydrogens is 328 g/mol. The summed E-state index contributed by atoms with van der Waals surface area (Å²) < 4.78 is 5.45. The van der Waals surface area contributed by atoms with Crippen molar-refractivity contribution < 1.29 is 9.53 Å². The molecular formula is C20H30N4O2. The average Bonchev–Trinajstić information content (AvgIpc) is 3.23. The van der Waals surface area contributed by atoms with Gasteiger partial charge in [0.2, 0.25) is 0 Å². The summed E-state index contributed by atoms with van der Waals surface area (Å²) in [6.07, 6.45) is 4.90. The normalized spacial score (nSPS) is 26.1. The molecule has 1 aromatic rings. The second-order valence-electron chi connectivity index (χ2n) is 7.84. The Morgan fingerprint density at radius 1 is 1.15 bits per heavy atom. The molecule has 2 aliphatic heterocycles. The summed E-state index contributed by atoms with van der Waals surface area (Å²) in [4.78, 5) is 17.1. The van der Waals surface area contributed by atoms with Gasteiger partial charge in [0.05, 0.1) is 12.8 Å². The number of carbonyl (C=O) groups is 1. The molecule has 1 aromatic carbocycles. The van der Waals surface area contributed by atoms with E-state index in [2.05, 4.69) is 26.5 Å². The number of likely N-dealkylation sites (tertiary alicyclic amines) is 1. The Morgan fingerprint density at radius 2 is 2.00 bits per heavy atom. The van der Waals surface area contributed by atoms with E-state index in [9.17, 15) is 4.79 Å². The molecule has 2 N–H and O–H groups in total. The van der Waals surface area contributed by atoms with Crippen LogP contribution in [0.3, 0.4) is 0 Å². The Kier molecular flexibility index (Phi) is 5.20. The maximum absolute atomic E-state index is 12.3. The maximum atomic E-state index is 12.3. The topological polar surface area (TPSA) is 56.8 Å². The van der Waals surface area contributed by atoms with Gasteiger partial charge < -0.3 is 25.2 Å². The molecule has 2 atom stereocenters. The molecule has 2 unspecified atom stereocenters. The lowest BCUT2D eigenvalue weighted by Gasteiger charge is -2.21. The summed E-state index contributed by atoms with van der Waals surface area (Å²) in [5.41, 5.74) is 1.10. The third-order valence-corrected chi connectivity index (χ3v) is 5.88. The predicted octanol–water partition coefficient (Wildman–Crippen LogP) is 2.06. The van der Waals surface area contributed by atoms with Crippen LogP contribution in [-0.4, -0.2) is 62.8 Å². The first-order chi connectivity index (χ1) is 12.7. The van der Waals surface area contributed by atoms with Gasteiger partial charge in [0.1, 0.15) is 5.75 Å². The van der Waals surface area contributed by atoms with E-state index in [1.807, 2.05) is 18.2 Å². The Morgan fingerprint density at radius 3 is 2.81 bits per heavy atom. The highest BCUT2D eigenvalue weighted by Gasteiger charge is 2.34. The zero-order valence-electron chi connectivity index (χ0n) is 15.6. The maximum Gasteiger partial charge on any atom is 0.315 e. The van der Waals surface area contributed by atoms with Crippen LogP contribution in [0.15, 0.2) is 24.3 Å². The number of urea groups is 1. The van der Waals surface area contributed by atoms with Crippen molar-refractivity contribution >= 4 is 11.7 Å². The first-order valence-corrected chi connectivity index (χ1v) is 9.89. The van der Waals surface area contributed by atoms with Crippen LogP contribution < -0.4 is 20.3 Å². The van der Waals surface area contributed by atoms with Crippen molar-refractivity contribution in [1.29, 1.82) is 0 Å². The van der Waals surface area contributed by atoms with Gasteiger partial charge in [-0.05, 0) is 50.3 Å². The minimum atomic E-state index is -0.0262. The smallest absolute Gasteiger partial charge is 0.315 e. The lowest BCUT2D eigenvalue weighted by Crippen LogP contribution is -2.45. The Labute approximate surface area is 155 Å². The van der Waals surface area contributed by atoms with Crippen molar-refractivity contribution in [3.63, 3.8) is 0 Å². The van der Waals surface area contributed by atoms with E-state index in [-0.39, 0.29) is 12.1 Å². The number of ether oxygens (including phenoxy) is 1. The van der Waals surface area contributed by atoms with E-state index in [4.69, 9.17) is 4.74 Å². The molecule has 0 bridgehead atoms. The predicted molar refractivity (Wildman–Crippen MR) is 103 cm³/mol. The van der Waals surface area contributed by atoms with Crippen LogP contribution in [0.1, 0.15) is 25.7 Å². The zero-order chi connectivity index (χ0) is 17.9. The summed E-state index contributed by atoms with van der Waals surface area (Å²) in [6.45, 7) is 4.90. The zero-order valence-corrected chi connectivity index (χ0v) is 15.6. The molecule has 1 aliphatic carbocycles. The van der Waals surface area contributed by atoms with E-state index < -0.39 is 0 Å². The van der Waals surface area contributed by atoms with Gasteiger partial charge in [0, 0.05) is 38.3 Å². The fourth-order valence-corrected chi connectivity index (χ4v) is 4.26. The van der Waals surface area contributed by atoms with Gasteiger partial charge in [0.25, 0.3) is 0 Å². The molecule has 1 saturated carbocycles. The molecule has 0 aromatic heterocycles. The third-order valence-electron chi connectivity index (χ3n) is 5.88. The minimum Gasteiger partial charge on any atom is -0.495 e. The summed E-state index contributed by atoms with van der Waals surface area (Å²) in [7, 11) is 1.70. The van der Waals surface area contributed by atoms with E-state index in [0.29, 0.717) is 5.92 Å². The molecule has 2 saturated heterocycles. The van der Waals surface area contributed by atoms with Crippen LogP contribution in [0.5, 0.6) is 5.75 Å². The number of para-hydroxylation sites is 2. The molecule has 3 aliphatic rings. The first-order valence-electron chi connectivity index (χ1n) is 9.89. The van der Waals surface area contributed by atoms with E-state index in [0.717, 1.165) is 50.1 Å². The highest BCUT2D eigenvalue weighted by Crippen LogP contribution is 2.32. The average molecular weight is 358 g/mol. The monoisotopic (exact) mass is 358 g/mol. The number of hydrogen-bond donors (Lipinski definition) is 2. The number of anilines is 1. The number of benzene rings is 1. The number of amides is 2. The Hall–Kier alpha value is -1.95. The Balaban J connectivity index is 1.20. The van der Waals surface area contributed by atoms with Crippen LogP contribution in [0, 0.1) is 5.92 Å². The second-order valence-corrected chi connectivity index (χ2v) is 7.84. The number of nitrogens with zero attached hydrogens (tertiary/aromatic N) is 2. The van der Waals surface area contributed by atoms with Crippen molar-refractivity contribution in [2.45, 2.75) is 37.8 Å². The highest BCUT2D eigenvalue weighted by atomic mass is 16.5. The molecule has 6 nitrogen and oxygen atoms in total. The van der Waals surface area contributed by atoms with Crippen molar-refractivity contribution in [2.75, 3.05) is 44.7 Å². The highest BCUT2D eigenvalue weighted by molar-refractivity contribution is 5.74. The SMILES string of the molecule is COc1ccccc1N1CCC(NC(=O)NCC2CCN(C3CC3)C2)C1. The van der Waals surface area contributed by atoms with Crippen LogP contribution in [0.25, 0.3) is 0 Å². The van der Waals surface area contributed by atoms with Crippen molar-refractivity contribution in [3.8, 4) is 5.75 Å². The number of methoxy groups -OCH3 is 1. The van der Waals surface area contributed by atoms with Crippen molar-refractivity contribution in [1.82, 2.24) is 15.5 Å². The largest absolute Gasteiger partial charge is 0.495 e. The van der Waals surface area contributed by atoms with Crippen LogP contribution in [0.2, 0.25) is 0 Å². The van der Waals surface area contributed by atoms with Gasteiger partial charge in [-0.25, -0.2) is 4.79 Å². The Bertz CT molecular complexity index is 634. The number of rotatable bonds is 6. The van der Waals surface area contributed by atoms with Crippen LogP contribution in [-0.2, 0) is 0 Å². The number of nitrogens with one attached hydrogen (secondary N) is 2. The van der Waals surface area contributed by atoms with Crippen molar-refractivity contribution in [3.05, 3.63) is 24.3 Å². The minimum absolute atomic E-state index is 0.0262. The molecule has 2 heterocycles. The summed E-state index contributed by atoms with van der Waals surface area (Å²) in [5.74, 6) is 1.49. The summed E-state index contributed by atoms with van der Waals surface area (Å²) in [6, 6.07) is 9.07. The molecule has 3 fully saturated rings. The fourth-order valence-electron chi connectivity index (χ4n) is 4.26. The lowest BCUT2D eigenvalue weighted by atomic mass is 10.1. The molecule has 4 rings (SSSR count). The third kappa shape index (κ3) is 4.06. The van der Waals surface area contributed by atoms with Gasteiger partial charge in [-0.1, -0.05) is 12.1 Å². The van der Waals surface area contributed by atoms with Crippen molar-refractivity contribution in [2.24, 2.45) is 5.92 Å². The fraction of sp³-hybridized carbons (Fsp3) is 0.650. The first kappa shape index (κ1) is 17.5. The molecule has 2 amide bonds. The standard InChI is InChI=1S/C20H30N4O2/c1-26-19-5-3-2-4-18(19)24-11-9-16(14-24)22-20(25)21-12-15-8-10-23(13-15)17-6-7-17/h2-5,15-17H,6-14H2,1H3,(H2,21,22,25). The lowest BCUT2D eigenvalue weighted by molar-refractivity contribution is 0.235. The molecule has 0 radical (unpaired) electrons. The summed E-state index contributed by atoms with van der Waals surface area (Å²) >= 11 is 0. The van der Waals surface area contributed by atoms with Gasteiger partial charge >= 0.3 is 6.03 Å². The molecule has 26 heavy (non-hydrogen) atoms. The van der Waals surface area contributed by atoms with Gasteiger partial charge in [0.15, 0.2) is 0 Å². The van der Waals surface area contributed by atoms with Crippen LogP contribution >= 0.6 is 0 Å². The second kappa shape index (κ2) is 7.74. The molecule has 142 valence electrons. The van der Waals surface area contributed by atoms with E-state index >= 15 is 0 Å². The van der Waals surface area contributed by atoms with Gasteiger partial charge in [-0.2, -0.15) is 0 Å². The quantitative estimate of drug-likeness (QED) is 0.817. The number of carbonyl (C=O) groups excluding carboxylic acids is 1. The van der Waals surface area contributed by atoms with Gasteiger partial charge in [-0.15, -0.1) is 0 Å².